The first kappa shape index (κ1) is 11.1. The van der Waals surface area contributed by atoms with Gasteiger partial charge in [0, 0.05) is 19.0 Å². The molecule has 1 atom stereocenters. The Morgan fingerprint density at radius 2 is 2.36 bits per heavy atom. The van der Waals surface area contributed by atoms with Crippen molar-refractivity contribution >= 4 is 0 Å². The van der Waals surface area contributed by atoms with Gasteiger partial charge in [0.2, 0.25) is 0 Å². The summed E-state index contributed by atoms with van der Waals surface area (Å²) in [5.74, 6) is 0. The smallest absolute Gasteiger partial charge is 0.0657 e. The van der Waals surface area contributed by atoms with Gasteiger partial charge < -0.3 is 10.1 Å². The first-order valence-corrected chi connectivity index (χ1v) is 4.92. The van der Waals surface area contributed by atoms with E-state index in [4.69, 9.17) is 4.74 Å². The van der Waals surface area contributed by atoms with Gasteiger partial charge in [-0.05, 0) is 31.2 Å². The van der Waals surface area contributed by atoms with Gasteiger partial charge in [0.05, 0.1) is 12.6 Å². The van der Waals surface area contributed by atoms with Crippen molar-refractivity contribution in [2.75, 3.05) is 20.3 Å². The van der Waals surface area contributed by atoms with Crippen LogP contribution in [0.2, 0.25) is 0 Å². The van der Waals surface area contributed by atoms with Crippen LogP contribution in [-0.2, 0) is 4.74 Å². The maximum Gasteiger partial charge on any atom is 0.0657 e. The third kappa shape index (κ3) is 3.09. The highest BCUT2D eigenvalue weighted by Crippen LogP contribution is 2.13. The Kier molecular flexibility index (Phi) is 4.56. The summed E-state index contributed by atoms with van der Waals surface area (Å²) < 4.78 is 5.17. The molecule has 1 unspecified atom stereocenters. The summed E-state index contributed by atoms with van der Waals surface area (Å²) >= 11 is 0. The molecule has 0 fully saturated rings. The number of nitrogens with zero attached hydrogens (tertiary/aromatic N) is 1. The number of hydrogen-bond donors (Lipinski definition) is 1. The highest BCUT2D eigenvalue weighted by molar-refractivity contribution is 5.19. The van der Waals surface area contributed by atoms with E-state index < -0.39 is 0 Å². The molecular formula is C11H18N2O. The maximum atomic E-state index is 5.17. The summed E-state index contributed by atoms with van der Waals surface area (Å²) in [4.78, 5) is 4.17. The second kappa shape index (κ2) is 5.73. The molecule has 0 spiro atoms. The number of hydrogen-bond acceptors (Lipinski definition) is 3. The number of aromatic nitrogens is 1. The predicted molar refractivity (Wildman–Crippen MR) is 57.3 cm³/mol. The second-order valence-electron chi connectivity index (χ2n) is 3.30. The van der Waals surface area contributed by atoms with E-state index in [0.717, 1.165) is 12.2 Å². The first-order valence-electron chi connectivity index (χ1n) is 4.92. The monoisotopic (exact) mass is 194 g/mol. The van der Waals surface area contributed by atoms with E-state index >= 15 is 0 Å². The number of likely N-dealkylation sites (N-methyl/N-ethyl adjacent to an activating group) is 1. The van der Waals surface area contributed by atoms with Gasteiger partial charge >= 0.3 is 0 Å². The zero-order valence-corrected chi connectivity index (χ0v) is 9.08. The molecular weight excluding hydrogens is 176 g/mol. The van der Waals surface area contributed by atoms with Gasteiger partial charge in [-0.3, -0.25) is 4.98 Å². The molecule has 0 aliphatic heterocycles. The maximum absolute atomic E-state index is 5.17. The van der Waals surface area contributed by atoms with Crippen LogP contribution in [0.3, 0.4) is 0 Å². The fourth-order valence-electron chi connectivity index (χ4n) is 1.47. The van der Waals surface area contributed by atoms with Crippen LogP contribution in [0.1, 0.15) is 24.2 Å². The molecule has 0 amide bonds. The van der Waals surface area contributed by atoms with Crippen LogP contribution in [0, 0.1) is 6.92 Å². The summed E-state index contributed by atoms with van der Waals surface area (Å²) in [5, 5.41) is 3.37. The Bertz CT molecular complexity index is 270. The van der Waals surface area contributed by atoms with Gasteiger partial charge in [0.1, 0.15) is 0 Å². The van der Waals surface area contributed by atoms with Crippen molar-refractivity contribution in [1.82, 2.24) is 10.3 Å². The van der Waals surface area contributed by atoms with E-state index in [9.17, 15) is 0 Å². The third-order valence-corrected chi connectivity index (χ3v) is 2.11. The van der Waals surface area contributed by atoms with Crippen LogP contribution in [-0.4, -0.2) is 25.2 Å². The first-order chi connectivity index (χ1) is 6.77. The average molecular weight is 194 g/mol. The minimum Gasteiger partial charge on any atom is -0.383 e. The Labute approximate surface area is 85.5 Å². The number of nitrogens with one attached hydrogen (secondary N) is 1. The van der Waals surface area contributed by atoms with E-state index in [2.05, 4.69) is 23.3 Å². The molecule has 0 bridgehead atoms. The van der Waals surface area contributed by atoms with Gasteiger partial charge in [-0.2, -0.15) is 0 Å². The molecule has 14 heavy (non-hydrogen) atoms. The molecule has 0 aromatic carbocycles. The quantitative estimate of drug-likeness (QED) is 0.774. The van der Waals surface area contributed by atoms with E-state index in [1.165, 1.54) is 5.56 Å². The van der Waals surface area contributed by atoms with Crippen LogP contribution in [0.15, 0.2) is 18.3 Å². The van der Waals surface area contributed by atoms with Crippen molar-refractivity contribution in [3.8, 4) is 0 Å². The van der Waals surface area contributed by atoms with E-state index in [0.29, 0.717) is 6.61 Å². The Morgan fingerprint density at radius 1 is 1.57 bits per heavy atom. The van der Waals surface area contributed by atoms with E-state index in [1.54, 1.807) is 7.11 Å². The molecule has 0 aliphatic rings. The molecule has 1 aromatic rings. The van der Waals surface area contributed by atoms with E-state index in [-0.39, 0.29) is 6.04 Å². The number of aryl methyl sites for hydroxylation is 1. The zero-order valence-electron chi connectivity index (χ0n) is 9.08. The molecule has 0 saturated heterocycles. The summed E-state index contributed by atoms with van der Waals surface area (Å²) in [6.45, 7) is 5.72. The summed E-state index contributed by atoms with van der Waals surface area (Å²) in [6.07, 6.45) is 1.84. The molecule has 0 radical (unpaired) electrons. The molecule has 0 aliphatic carbocycles. The highest BCUT2D eigenvalue weighted by atomic mass is 16.5. The third-order valence-electron chi connectivity index (χ3n) is 2.11. The summed E-state index contributed by atoms with van der Waals surface area (Å²) in [5.41, 5.74) is 2.28. The molecule has 1 heterocycles. The number of rotatable bonds is 5. The molecule has 1 rings (SSSR count). The summed E-state index contributed by atoms with van der Waals surface area (Å²) in [6, 6.07) is 4.39. The van der Waals surface area contributed by atoms with Gasteiger partial charge in [-0.25, -0.2) is 0 Å². The Balaban J connectivity index is 2.75. The van der Waals surface area contributed by atoms with Crippen LogP contribution in [0.4, 0.5) is 0 Å². The van der Waals surface area contributed by atoms with Crippen molar-refractivity contribution in [2.45, 2.75) is 19.9 Å². The van der Waals surface area contributed by atoms with Crippen molar-refractivity contribution < 1.29 is 4.74 Å². The lowest BCUT2D eigenvalue weighted by Gasteiger charge is -2.17. The van der Waals surface area contributed by atoms with Crippen LogP contribution < -0.4 is 5.32 Å². The normalized spacial score (nSPS) is 12.8. The molecule has 3 heteroatoms. The fourth-order valence-corrected chi connectivity index (χ4v) is 1.47. The lowest BCUT2D eigenvalue weighted by molar-refractivity contribution is 0.168. The fraction of sp³-hybridized carbons (Fsp3) is 0.545. The van der Waals surface area contributed by atoms with Gasteiger partial charge in [0.25, 0.3) is 0 Å². The Hall–Kier alpha value is -0.930. The SMILES string of the molecule is CCNC(COC)c1ccnc(C)c1. The standard InChI is InChI=1S/C11H18N2O/c1-4-12-11(8-14-3)10-5-6-13-9(2)7-10/h5-7,11-12H,4,8H2,1-3H3. The number of methoxy groups -OCH3 is 1. The van der Waals surface area contributed by atoms with Gasteiger partial charge in [-0.1, -0.05) is 6.92 Å². The van der Waals surface area contributed by atoms with Gasteiger partial charge in [-0.15, -0.1) is 0 Å². The molecule has 78 valence electrons. The van der Waals surface area contributed by atoms with Crippen LogP contribution in [0.25, 0.3) is 0 Å². The highest BCUT2D eigenvalue weighted by Gasteiger charge is 2.09. The minimum atomic E-state index is 0.270. The molecule has 0 saturated carbocycles. The minimum absolute atomic E-state index is 0.270. The molecule has 1 N–H and O–H groups in total. The van der Waals surface area contributed by atoms with E-state index in [1.807, 2.05) is 19.2 Å². The van der Waals surface area contributed by atoms with Crippen LogP contribution >= 0.6 is 0 Å². The second-order valence-corrected chi connectivity index (χ2v) is 3.30. The van der Waals surface area contributed by atoms with Crippen molar-refractivity contribution in [3.05, 3.63) is 29.6 Å². The molecule has 3 nitrogen and oxygen atoms in total. The van der Waals surface area contributed by atoms with Crippen molar-refractivity contribution in [3.63, 3.8) is 0 Å². The Morgan fingerprint density at radius 3 is 2.93 bits per heavy atom. The van der Waals surface area contributed by atoms with Crippen LogP contribution in [0.5, 0.6) is 0 Å². The topological polar surface area (TPSA) is 34.1 Å². The lowest BCUT2D eigenvalue weighted by atomic mass is 10.1. The van der Waals surface area contributed by atoms with Crippen molar-refractivity contribution in [2.24, 2.45) is 0 Å². The largest absolute Gasteiger partial charge is 0.383 e. The lowest BCUT2D eigenvalue weighted by Crippen LogP contribution is -2.24. The molecule has 1 aromatic heterocycles. The predicted octanol–water partition coefficient (Wildman–Crippen LogP) is 1.69. The van der Waals surface area contributed by atoms with Gasteiger partial charge in [0.15, 0.2) is 0 Å². The average Bonchev–Trinajstić information content (AvgIpc) is 2.17. The zero-order chi connectivity index (χ0) is 10.4. The van der Waals surface area contributed by atoms with Crippen molar-refractivity contribution in [1.29, 1.82) is 0 Å². The number of ether oxygens (including phenoxy) is 1. The number of pyridine rings is 1. The summed E-state index contributed by atoms with van der Waals surface area (Å²) in [7, 11) is 1.72.